The maximum Gasteiger partial charge on any atom is 0.349 e. The highest BCUT2D eigenvalue weighted by molar-refractivity contribution is 6.00. The van der Waals surface area contributed by atoms with Crippen LogP contribution in [0.15, 0.2) is 11.8 Å². The molecule has 100 valence electrons. The highest BCUT2D eigenvalue weighted by Crippen LogP contribution is 2.13. The molecule has 0 spiro atoms. The van der Waals surface area contributed by atoms with Gasteiger partial charge in [0.05, 0.1) is 18.0 Å². The van der Waals surface area contributed by atoms with E-state index in [1.807, 2.05) is 0 Å². The summed E-state index contributed by atoms with van der Waals surface area (Å²) in [6.45, 7) is 3.30. The second-order valence-electron chi connectivity index (χ2n) is 4.00. The zero-order valence-electron chi connectivity index (χ0n) is 10.7. The van der Waals surface area contributed by atoms with Gasteiger partial charge in [0.1, 0.15) is 17.2 Å². The fourth-order valence-corrected chi connectivity index (χ4v) is 1.33. The van der Waals surface area contributed by atoms with Crippen molar-refractivity contribution in [2.45, 2.75) is 20.0 Å². The number of carboxylic acids is 1. The summed E-state index contributed by atoms with van der Waals surface area (Å²) in [6.07, 6.45) is 1.94. The number of esters is 1. The Bertz CT molecular complexity index is 578. The summed E-state index contributed by atoms with van der Waals surface area (Å²) in [6, 6.07) is 1.69. The van der Waals surface area contributed by atoms with Gasteiger partial charge >= 0.3 is 11.9 Å². The van der Waals surface area contributed by atoms with Crippen molar-refractivity contribution in [1.29, 1.82) is 5.26 Å². The van der Waals surface area contributed by atoms with Gasteiger partial charge in [-0.1, -0.05) is 0 Å². The van der Waals surface area contributed by atoms with Crippen LogP contribution in [0, 0.1) is 11.3 Å². The molecule has 0 aliphatic carbocycles. The Balaban J connectivity index is 3.19. The molecule has 0 aliphatic heterocycles. The number of carbonyl (C=O) groups is 2. The fourth-order valence-electron chi connectivity index (χ4n) is 1.33. The number of aromatic carboxylic acids is 1. The summed E-state index contributed by atoms with van der Waals surface area (Å²) in [5.41, 5.74) is -0.211. The van der Waals surface area contributed by atoms with Crippen molar-refractivity contribution in [3.05, 3.63) is 23.0 Å². The molecular formula is C12H13N3O4. The minimum atomic E-state index is -1.19. The van der Waals surface area contributed by atoms with E-state index in [4.69, 9.17) is 15.1 Å². The van der Waals surface area contributed by atoms with E-state index in [0.717, 1.165) is 12.3 Å². The van der Waals surface area contributed by atoms with E-state index in [9.17, 15) is 9.59 Å². The van der Waals surface area contributed by atoms with Gasteiger partial charge in [0.2, 0.25) is 0 Å². The first-order chi connectivity index (χ1) is 8.86. The van der Waals surface area contributed by atoms with Crippen LogP contribution in [0.25, 0.3) is 6.08 Å². The van der Waals surface area contributed by atoms with Crippen molar-refractivity contribution in [1.82, 2.24) is 9.78 Å². The Hall–Kier alpha value is -2.62. The van der Waals surface area contributed by atoms with E-state index >= 15 is 0 Å². The first-order valence-electron chi connectivity index (χ1n) is 5.45. The Morgan fingerprint density at radius 2 is 2.21 bits per heavy atom. The standard InChI is InChI=1S/C12H13N3O4/c1-7(2)19-12(18)8(5-13)4-10-9(11(16)17)6-14-15(10)3/h4,6-7H,1-3H3,(H,16,17). The van der Waals surface area contributed by atoms with Crippen molar-refractivity contribution in [3.8, 4) is 6.07 Å². The zero-order valence-corrected chi connectivity index (χ0v) is 10.7. The Morgan fingerprint density at radius 3 is 2.68 bits per heavy atom. The van der Waals surface area contributed by atoms with Crippen molar-refractivity contribution in [2.24, 2.45) is 7.05 Å². The molecule has 0 aliphatic rings. The van der Waals surface area contributed by atoms with E-state index in [1.54, 1.807) is 19.9 Å². The van der Waals surface area contributed by atoms with Gasteiger partial charge in [-0.05, 0) is 19.9 Å². The third-order valence-corrected chi connectivity index (χ3v) is 2.18. The number of aromatic nitrogens is 2. The second kappa shape index (κ2) is 5.82. The minimum Gasteiger partial charge on any atom is -0.478 e. The number of hydrogen-bond acceptors (Lipinski definition) is 5. The van der Waals surface area contributed by atoms with Crippen molar-refractivity contribution >= 4 is 18.0 Å². The van der Waals surface area contributed by atoms with Crippen molar-refractivity contribution < 1.29 is 19.4 Å². The molecule has 0 bridgehead atoms. The first-order valence-corrected chi connectivity index (χ1v) is 5.45. The van der Waals surface area contributed by atoms with Gasteiger partial charge in [-0.15, -0.1) is 0 Å². The Labute approximate surface area is 109 Å². The fraction of sp³-hybridized carbons (Fsp3) is 0.333. The number of hydrogen-bond donors (Lipinski definition) is 1. The first kappa shape index (κ1) is 14.4. The van der Waals surface area contributed by atoms with Crippen LogP contribution < -0.4 is 0 Å². The smallest absolute Gasteiger partial charge is 0.349 e. The maximum atomic E-state index is 11.6. The van der Waals surface area contributed by atoms with Crippen LogP contribution in [0.4, 0.5) is 0 Å². The highest BCUT2D eigenvalue weighted by Gasteiger charge is 2.18. The molecule has 1 rings (SSSR count). The van der Waals surface area contributed by atoms with Crippen LogP contribution in [0.3, 0.4) is 0 Å². The number of rotatable bonds is 4. The lowest BCUT2D eigenvalue weighted by atomic mass is 10.1. The van der Waals surface area contributed by atoms with E-state index < -0.39 is 11.9 Å². The molecular weight excluding hydrogens is 250 g/mol. The molecule has 0 unspecified atom stereocenters. The number of ether oxygens (including phenoxy) is 1. The third kappa shape index (κ3) is 3.42. The van der Waals surface area contributed by atoms with E-state index in [0.29, 0.717) is 0 Å². The number of carbonyl (C=O) groups excluding carboxylic acids is 1. The number of aryl methyl sites for hydroxylation is 1. The van der Waals surface area contributed by atoms with Crippen LogP contribution in [0.1, 0.15) is 29.9 Å². The number of nitrogens with zero attached hydrogens (tertiary/aromatic N) is 3. The van der Waals surface area contributed by atoms with Crippen molar-refractivity contribution in [2.75, 3.05) is 0 Å². The molecule has 1 aromatic rings. The predicted octanol–water partition coefficient (Wildman–Crippen LogP) is 0.977. The largest absolute Gasteiger partial charge is 0.478 e. The number of carboxylic acid groups (broad SMARTS) is 1. The topological polar surface area (TPSA) is 105 Å². The molecule has 0 saturated carbocycles. The summed E-state index contributed by atoms with van der Waals surface area (Å²) in [5.74, 6) is -1.98. The summed E-state index contributed by atoms with van der Waals surface area (Å²) in [5, 5.41) is 21.7. The highest BCUT2D eigenvalue weighted by atomic mass is 16.5. The second-order valence-corrected chi connectivity index (χ2v) is 4.00. The zero-order chi connectivity index (χ0) is 14.6. The predicted molar refractivity (Wildman–Crippen MR) is 65.0 cm³/mol. The maximum absolute atomic E-state index is 11.6. The molecule has 0 aromatic carbocycles. The normalized spacial score (nSPS) is 11.2. The Kier molecular flexibility index (Phi) is 4.42. The quantitative estimate of drug-likeness (QED) is 0.493. The van der Waals surface area contributed by atoms with Crippen LogP contribution in [-0.4, -0.2) is 32.9 Å². The molecule has 1 N–H and O–H groups in total. The van der Waals surface area contributed by atoms with E-state index in [1.165, 1.54) is 11.7 Å². The molecule has 0 saturated heterocycles. The molecule has 0 radical (unpaired) electrons. The lowest BCUT2D eigenvalue weighted by Crippen LogP contribution is -2.13. The summed E-state index contributed by atoms with van der Waals surface area (Å²) in [7, 11) is 1.51. The molecule has 1 aromatic heterocycles. The van der Waals surface area contributed by atoms with Crippen LogP contribution in [-0.2, 0) is 16.6 Å². The van der Waals surface area contributed by atoms with Crippen LogP contribution in [0.2, 0.25) is 0 Å². The molecule has 0 fully saturated rings. The SMILES string of the molecule is CC(C)OC(=O)C(C#N)=Cc1c(C(=O)O)cnn1C. The minimum absolute atomic E-state index is 0.0902. The van der Waals surface area contributed by atoms with Crippen LogP contribution >= 0.6 is 0 Å². The van der Waals surface area contributed by atoms with Crippen molar-refractivity contribution in [3.63, 3.8) is 0 Å². The van der Waals surface area contributed by atoms with Gasteiger partial charge in [-0.2, -0.15) is 10.4 Å². The average molecular weight is 263 g/mol. The number of nitriles is 1. The molecule has 1 heterocycles. The van der Waals surface area contributed by atoms with Crippen LogP contribution in [0.5, 0.6) is 0 Å². The molecule has 0 amide bonds. The lowest BCUT2D eigenvalue weighted by molar-refractivity contribution is -0.142. The molecule has 7 heteroatoms. The molecule has 0 atom stereocenters. The average Bonchev–Trinajstić information content (AvgIpc) is 2.66. The van der Waals surface area contributed by atoms with Gasteiger partial charge in [0.25, 0.3) is 0 Å². The van der Waals surface area contributed by atoms with Gasteiger partial charge in [-0.3, -0.25) is 4.68 Å². The van der Waals surface area contributed by atoms with Gasteiger partial charge in [-0.25, -0.2) is 9.59 Å². The third-order valence-electron chi connectivity index (χ3n) is 2.18. The Morgan fingerprint density at radius 1 is 1.58 bits per heavy atom. The lowest BCUT2D eigenvalue weighted by Gasteiger charge is -2.06. The van der Waals surface area contributed by atoms with Gasteiger partial charge < -0.3 is 9.84 Å². The summed E-state index contributed by atoms with van der Waals surface area (Å²) < 4.78 is 6.15. The molecule has 7 nitrogen and oxygen atoms in total. The van der Waals surface area contributed by atoms with Gasteiger partial charge in [0, 0.05) is 7.05 Å². The van der Waals surface area contributed by atoms with Gasteiger partial charge in [0.15, 0.2) is 0 Å². The van der Waals surface area contributed by atoms with E-state index in [2.05, 4.69) is 5.10 Å². The monoisotopic (exact) mass is 263 g/mol. The summed E-state index contributed by atoms with van der Waals surface area (Å²) in [4.78, 5) is 22.6. The van der Waals surface area contributed by atoms with E-state index in [-0.39, 0.29) is 22.9 Å². The molecule has 19 heavy (non-hydrogen) atoms. The summed E-state index contributed by atoms with van der Waals surface area (Å²) >= 11 is 0.